The van der Waals surface area contributed by atoms with Gasteiger partial charge in [-0.1, -0.05) is 30.3 Å². The number of amides is 1. The fourth-order valence-corrected chi connectivity index (χ4v) is 3.23. The molecule has 0 atom stereocenters. The molecule has 4 rings (SSSR count). The zero-order valence-corrected chi connectivity index (χ0v) is 16.0. The molecule has 142 valence electrons. The molecule has 2 heterocycles. The highest BCUT2D eigenvalue weighted by atomic mass is 16.3. The highest BCUT2D eigenvalue weighted by molar-refractivity contribution is 5.97. The summed E-state index contributed by atoms with van der Waals surface area (Å²) in [6.07, 6.45) is 0.397. The van der Waals surface area contributed by atoms with Gasteiger partial charge in [-0.15, -0.1) is 0 Å². The average molecular weight is 375 g/mol. The van der Waals surface area contributed by atoms with E-state index < -0.39 is 0 Å². The van der Waals surface area contributed by atoms with Crippen LogP contribution in [0.2, 0.25) is 0 Å². The highest BCUT2D eigenvalue weighted by Crippen LogP contribution is 2.32. The van der Waals surface area contributed by atoms with Crippen molar-refractivity contribution in [1.82, 2.24) is 24.6 Å². The van der Waals surface area contributed by atoms with Crippen LogP contribution < -0.4 is 0 Å². The molecule has 7 nitrogen and oxygen atoms in total. The van der Waals surface area contributed by atoms with Gasteiger partial charge in [0, 0.05) is 32.3 Å². The molecule has 0 saturated carbocycles. The fourth-order valence-electron chi connectivity index (χ4n) is 3.23. The van der Waals surface area contributed by atoms with E-state index in [1.54, 1.807) is 38.0 Å². The molecule has 0 spiro atoms. The predicted octanol–water partition coefficient (Wildman–Crippen LogP) is 2.96. The smallest absolute Gasteiger partial charge is 0.253 e. The molecule has 0 fully saturated rings. The number of aromatic nitrogens is 4. The van der Waals surface area contributed by atoms with Crippen LogP contribution in [0.5, 0.6) is 5.75 Å². The summed E-state index contributed by atoms with van der Waals surface area (Å²) < 4.78 is 1.67. The number of aromatic amines is 1. The predicted molar refractivity (Wildman–Crippen MR) is 107 cm³/mol. The number of benzene rings is 2. The zero-order valence-electron chi connectivity index (χ0n) is 16.0. The lowest BCUT2D eigenvalue weighted by Gasteiger charge is -2.09. The maximum absolute atomic E-state index is 12.2. The van der Waals surface area contributed by atoms with Crippen LogP contribution in [0.1, 0.15) is 21.9 Å². The van der Waals surface area contributed by atoms with Crippen molar-refractivity contribution in [1.29, 1.82) is 0 Å². The minimum Gasteiger partial charge on any atom is -0.504 e. The third-order valence-electron chi connectivity index (χ3n) is 4.70. The van der Waals surface area contributed by atoms with E-state index in [1.807, 2.05) is 36.4 Å². The molecule has 0 aliphatic heterocycles. The van der Waals surface area contributed by atoms with Crippen molar-refractivity contribution in [3.05, 3.63) is 65.6 Å². The second-order valence-corrected chi connectivity index (χ2v) is 6.93. The molecule has 7 heteroatoms. The van der Waals surface area contributed by atoms with Crippen molar-refractivity contribution in [2.75, 3.05) is 14.1 Å². The summed E-state index contributed by atoms with van der Waals surface area (Å²) >= 11 is 0. The van der Waals surface area contributed by atoms with E-state index in [2.05, 4.69) is 15.1 Å². The number of carbonyl (C=O) groups is 1. The van der Waals surface area contributed by atoms with Crippen LogP contribution in [0.15, 0.2) is 48.5 Å². The van der Waals surface area contributed by atoms with Gasteiger partial charge >= 0.3 is 0 Å². The van der Waals surface area contributed by atoms with Gasteiger partial charge in [0.05, 0.1) is 23.1 Å². The van der Waals surface area contributed by atoms with E-state index in [4.69, 9.17) is 0 Å². The van der Waals surface area contributed by atoms with Crippen molar-refractivity contribution in [2.24, 2.45) is 7.05 Å². The van der Waals surface area contributed by atoms with Gasteiger partial charge < -0.3 is 15.0 Å². The van der Waals surface area contributed by atoms with E-state index in [0.717, 1.165) is 16.6 Å². The number of hydrogen-bond donors (Lipinski definition) is 2. The molecule has 0 aliphatic rings. The van der Waals surface area contributed by atoms with Crippen molar-refractivity contribution in [3.63, 3.8) is 0 Å². The van der Waals surface area contributed by atoms with Gasteiger partial charge in [0.1, 0.15) is 11.5 Å². The molecular formula is C21H21N5O2. The largest absolute Gasteiger partial charge is 0.504 e. The second-order valence-electron chi connectivity index (χ2n) is 6.93. The zero-order chi connectivity index (χ0) is 19.8. The van der Waals surface area contributed by atoms with Crippen LogP contribution in [0.25, 0.3) is 22.3 Å². The Morgan fingerprint density at radius 1 is 1.18 bits per heavy atom. The van der Waals surface area contributed by atoms with Crippen LogP contribution in [-0.2, 0) is 13.5 Å². The summed E-state index contributed by atoms with van der Waals surface area (Å²) in [4.78, 5) is 21.5. The minimum atomic E-state index is -0.0603. The lowest BCUT2D eigenvalue weighted by molar-refractivity contribution is 0.0827. The SMILES string of the molecule is CN(C)C(=O)c1ccc2nc(Cc3c(O)c(-c4ccccc4)nn3C)[nH]c2c1. The average Bonchev–Trinajstić information content (AvgIpc) is 3.22. The maximum atomic E-state index is 12.2. The summed E-state index contributed by atoms with van der Waals surface area (Å²) in [7, 11) is 5.25. The lowest BCUT2D eigenvalue weighted by atomic mass is 10.1. The minimum absolute atomic E-state index is 0.0603. The number of aryl methyl sites for hydroxylation is 1. The van der Waals surface area contributed by atoms with Gasteiger partial charge in [0.2, 0.25) is 0 Å². The summed E-state index contributed by atoms with van der Waals surface area (Å²) in [5.41, 5.74) is 4.24. The first kappa shape index (κ1) is 17.8. The van der Waals surface area contributed by atoms with Gasteiger partial charge in [0.15, 0.2) is 5.75 Å². The number of rotatable bonds is 4. The van der Waals surface area contributed by atoms with Gasteiger partial charge in [0.25, 0.3) is 5.91 Å². The Morgan fingerprint density at radius 3 is 2.64 bits per heavy atom. The summed E-state index contributed by atoms with van der Waals surface area (Å²) in [6.45, 7) is 0. The number of carbonyl (C=O) groups excluding carboxylic acids is 1. The molecule has 0 bridgehead atoms. The topological polar surface area (TPSA) is 87.0 Å². The Balaban J connectivity index is 1.67. The number of nitrogens with one attached hydrogen (secondary N) is 1. The van der Waals surface area contributed by atoms with Gasteiger partial charge in [-0.25, -0.2) is 4.98 Å². The maximum Gasteiger partial charge on any atom is 0.253 e. The van der Waals surface area contributed by atoms with Crippen LogP contribution in [-0.4, -0.2) is 49.8 Å². The molecule has 0 aliphatic carbocycles. The molecule has 4 aromatic rings. The van der Waals surface area contributed by atoms with Crippen molar-refractivity contribution >= 4 is 16.9 Å². The van der Waals surface area contributed by atoms with Crippen LogP contribution in [0.4, 0.5) is 0 Å². The third kappa shape index (κ3) is 3.11. The van der Waals surface area contributed by atoms with Gasteiger partial charge in [-0.3, -0.25) is 9.48 Å². The Morgan fingerprint density at radius 2 is 1.93 bits per heavy atom. The molecule has 1 amide bonds. The Bertz CT molecular complexity index is 1160. The van der Waals surface area contributed by atoms with Crippen molar-refractivity contribution in [3.8, 4) is 17.0 Å². The Hall–Kier alpha value is -3.61. The van der Waals surface area contributed by atoms with Crippen LogP contribution >= 0.6 is 0 Å². The third-order valence-corrected chi connectivity index (χ3v) is 4.70. The summed E-state index contributed by atoms with van der Waals surface area (Å²) in [5.74, 6) is 0.787. The molecule has 28 heavy (non-hydrogen) atoms. The lowest BCUT2D eigenvalue weighted by Crippen LogP contribution is -2.21. The molecule has 0 saturated heterocycles. The summed E-state index contributed by atoms with van der Waals surface area (Å²) in [6, 6.07) is 15.0. The quantitative estimate of drug-likeness (QED) is 0.574. The van der Waals surface area contributed by atoms with E-state index in [1.165, 1.54) is 4.90 Å². The van der Waals surface area contributed by atoms with Gasteiger partial charge in [-0.05, 0) is 18.2 Å². The molecule has 0 radical (unpaired) electrons. The van der Waals surface area contributed by atoms with E-state index in [0.29, 0.717) is 29.2 Å². The number of nitrogens with zero attached hydrogens (tertiary/aromatic N) is 4. The first-order valence-corrected chi connectivity index (χ1v) is 8.94. The standard InChI is InChI=1S/C21H21N5O2/c1-25(2)21(28)14-9-10-15-16(11-14)23-18(22-15)12-17-20(27)19(24-26(17)3)13-7-5-4-6-8-13/h4-11,27H,12H2,1-3H3,(H,22,23). The van der Waals surface area contributed by atoms with Crippen molar-refractivity contribution in [2.45, 2.75) is 6.42 Å². The van der Waals surface area contributed by atoms with Crippen LogP contribution in [0, 0.1) is 0 Å². The highest BCUT2D eigenvalue weighted by Gasteiger charge is 2.18. The number of H-pyrrole nitrogens is 1. The fraction of sp³-hybridized carbons (Fsp3) is 0.190. The molecule has 2 aromatic carbocycles. The first-order valence-electron chi connectivity index (χ1n) is 8.94. The summed E-state index contributed by atoms with van der Waals surface area (Å²) in [5, 5.41) is 15.2. The number of hydrogen-bond acceptors (Lipinski definition) is 4. The van der Waals surface area contributed by atoms with E-state index in [-0.39, 0.29) is 11.7 Å². The first-order chi connectivity index (χ1) is 13.4. The molecular weight excluding hydrogens is 354 g/mol. The van der Waals surface area contributed by atoms with E-state index in [9.17, 15) is 9.90 Å². The van der Waals surface area contributed by atoms with E-state index >= 15 is 0 Å². The van der Waals surface area contributed by atoms with Crippen LogP contribution in [0.3, 0.4) is 0 Å². The van der Waals surface area contributed by atoms with Gasteiger partial charge in [-0.2, -0.15) is 5.10 Å². The number of aromatic hydroxyl groups is 1. The molecule has 2 aromatic heterocycles. The Kier molecular flexibility index (Phi) is 4.35. The number of fused-ring (bicyclic) bond motifs is 1. The van der Waals surface area contributed by atoms with Crippen molar-refractivity contribution < 1.29 is 9.90 Å². The number of imidazole rings is 1. The monoisotopic (exact) mass is 375 g/mol. The molecule has 2 N–H and O–H groups in total. The Labute approximate surface area is 162 Å². The molecule has 0 unspecified atom stereocenters. The second kappa shape index (κ2) is 6.84. The normalized spacial score (nSPS) is 11.1.